The van der Waals surface area contributed by atoms with E-state index in [-0.39, 0.29) is 5.54 Å². The molecule has 1 N–H and O–H groups in total. The summed E-state index contributed by atoms with van der Waals surface area (Å²) in [4.78, 5) is 1.26. The fraction of sp³-hybridized carbons (Fsp3) is 0.588. The summed E-state index contributed by atoms with van der Waals surface area (Å²) in [6, 6.07) is 11.4. The quantitative estimate of drug-likeness (QED) is 0.900. The maximum atomic E-state index is 9.63. The van der Waals surface area contributed by atoms with Gasteiger partial charge in [0.15, 0.2) is 0 Å². The molecule has 0 spiro atoms. The summed E-state index contributed by atoms with van der Waals surface area (Å²) in [5.74, 6) is 0.893. The number of nitrogens with one attached hydrogen (secondary N) is 1. The molecule has 0 saturated heterocycles. The van der Waals surface area contributed by atoms with Gasteiger partial charge >= 0.3 is 0 Å². The largest absolute Gasteiger partial charge is 0.497 e. The van der Waals surface area contributed by atoms with Crippen LogP contribution in [0, 0.1) is 11.3 Å². The van der Waals surface area contributed by atoms with Gasteiger partial charge in [0.05, 0.1) is 13.2 Å². The van der Waals surface area contributed by atoms with Gasteiger partial charge < -0.3 is 4.74 Å². The van der Waals surface area contributed by atoms with E-state index in [4.69, 9.17) is 4.74 Å². The third-order valence-electron chi connectivity index (χ3n) is 4.34. The second-order valence-electron chi connectivity index (χ2n) is 6.12. The van der Waals surface area contributed by atoms with Gasteiger partial charge in [0.2, 0.25) is 0 Å². The van der Waals surface area contributed by atoms with Crippen LogP contribution < -0.4 is 10.1 Å². The first-order valence-electron chi connectivity index (χ1n) is 7.73. The second-order valence-corrected chi connectivity index (χ2v) is 7.50. The van der Waals surface area contributed by atoms with Crippen molar-refractivity contribution < 1.29 is 4.74 Å². The first-order valence-corrected chi connectivity index (χ1v) is 8.61. The number of methoxy groups -OCH3 is 1. The minimum absolute atomic E-state index is 0.288. The zero-order valence-electron chi connectivity index (χ0n) is 12.5. The highest BCUT2D eigenvalue weighted by atomic mass is 32.2. The predicted octanol–water partition coefficient (Wildman–Crippen LogP) is 3.74. The van der Waals surface area contributed by atoms with E-state index in [1.807, 2.05) is 23.9 Å². The molecule has 2 aliphatic carbocycles. The lowest BCUT2D eigenvalue weighted by Gasteiger charge is -2.36. The van der Waals surface area contributed by atoms with Crippen LogP contribution in [0.4, 0.5) is 0 Å². The predicted molar refractivity (Wildman–Crippen MR) is 85.6 cm³/mol. The molecule has 2 saturated carbocycles. The zero-order valence-corrected chi connectivity index (χ0v) is 13.3. The summed E-state index contributed by atoms with van der Waals surface area (Å²) in [6.07, 6.45) is 6.77. The van der Waals surface area contributed by atoms with E-state index in [9.17, 15) is 5.26 Å². The average molecular weight is 302 g/mol. The van der Waals surface area contributed by atoms with Crippen molar-refractivity contribution in [3.8, 4) is 11.8 Å². The molecule has 0 amide bonds. The molecule has 2 aliphatic rings. The molecule has 2 unspecified atom stereocenters. The average Bonchev–Trinajstić information content (AvgIpc) is 3.32. The number of ether oxygens (including phenoxy) is 1. The van der Waals surface area contributed by atoms with E-state index in [2.05, 4.69) is 23.5 Å². The number of nitrogens with zero attached hydrogens (tertiary/aromatic N) is 1. The van der Waals surface area contributed by atoms with E-state index in [0.29, 0.717) is 11.3 Å². The fourth-order valence-electron chi connectivity index (χ4n) is 3.05. The van der Waals surface area contributed by atoms with Crippen molar-refractivity contribution in [2.75, 3.05) is 7.11 Å². The third-order valence-corrected chi connectivity index (χ3v) is 5.62. The van der Waals surface area contributed by atoms with Gasteiger partial charge in [-0.2, -0.15) is 5.26 Å². The molecule has 0 bridgehead atoms. The Hall–Kier alpha value is -1.18. The summed E-state index contributed by atoms with van der Waals surface area (Å²) in [5, 5.41) is 13.8. The number of rotatable bonds is 5. The van der Waals surface area contributed by atoms with E-state index in [1.54, 1.807) is 7.11 Å². The van der Waals surface area contributed by atoms with Gasteiger partial charge in [0.25, 0.3) is 0 Å². The summed E-state index contributed by atoms with van der Waals surface area (Å²) < 4.78 is 5.20. The van der Waals surface area contributed by atoms with E-state index in [1.165, 1.54) is 24.2 Å². The van der Waals surface area contributed by atoms with Crippen LogP contribution in [-0.4, -0.2) is 23.9 Å². The first kappa shape index (κ1) is 14.7. The van der Waals surface area contributed by atoms with Crippen molar-refractivity contribution in [1.29, 1.82) is 5.26 Å². The summed E-state index contributed by atoms with van der Waals surface area (Å²) in [7, 11) is 1.69. The zero-order chi connectivity index (χ0) is 14.7. The maximum Gasteiger partial charge on any atom is 0.118 e. The molecular formula is C17H22N2OS. The standard InChI is InChI=1S/C17H22N2OS/c1-20-14-6-8-15(9-7-14)21-16-3-2-10-17(11-16,12-18)19-13-4-5-13/h6-9,13,16,19H,2-5,10-11H2,1H3. The topological polar surface area (TPSA) is 45.0 Å². The molecule has 1 aromatic carbocycles. The van der Waals surface area contributed by atoms with Gasteiger partial charge in [-0.25, -0.2) is 0 Å². The highest BCUT2D eigenvalue weighted by Crippen LogP contribution is 2.40. The lowest BCUT2D eigenvalue weighted by molar-refractivity contribution is 0.301. The van der Waals surface area contributed by atoms with Gasteiger partial charge in [-0.1, -0.05) is 0 Å². The number of hydrogen-bond acceptors (Lipinski definition) is 4. The molecule has 21 heavy (non-hydrogen) atoms. The Morgan fingerprint density at radius 2 is 2.05 bits per heavy atom. The Morgan fingerprint density at radius 3 is 2.67 bits per heavy atom. The molecule has 4 heteroatoms. The summed E-state index contributed by atoms with van der Waals surface area (Å²) >= 11 is 1.90. The van der Waals surface area contributed by atoms with Crippen LogP contribution >= 0.6 is 11.8 Å². The van der Waals surface area contributed by atoms with E-state index >= 15 is 0 Å². The lowest BCUT2D eigenvalue weighted by atomic mass is 9.82. The Kier molecular flexibility index (Phi) is 4.42. The normalized spacial score (nSPS) is 28.9. The molecule has 1 aromatic rings. The minimum atomic E-state index is -0.288. The van der Waals surface area contributed by atoms with E-state index < -0.39 is 0 Å². The molecule has 0 heterocycles. The van der Waals surface area contributed by atoms with Crippen LogP contribution in [-0.2, 0) is 0 Å². The monoisotopic (exact) mass is 302 g/mol. The molecule has 0 aromatic heterocycles. The van der Waals surface area contributed by atoms with Crippen molar-refractivity contribution in [1.82, 2.24) is 5.32 Å². The second kappa shape index (κ2) is 6.29. The van der Waals surface area contributed by atoms with Gasteiger partial charge in [-0.3, -0.25) is 5.32 Å². The van der Waals surface area contributed by atoms with E-state index in [0.717, 1.165) is 25.0 Å². The summed E-state index contributed by atoms with van der Waals surface area (Å²) in [5.41, 5.74) is -0.288. The molecule has 0 radical (unpaired) electrons. The van der Waals surface area contributed by atoms with Crippen molar-refractivity contribution in [3.63, 3.8) is 0 Å². The third kappa shape index (κ3) is 3.72. The van der Waals surface area contributed by atoms with Gasteiger partial charge in [0.1, 0.15) is 11.3 Å². The van der Waals surface area contributed by atoms with Crippen molar-refractivity contribution in [3.05, 3.63) is 24.3 Å². The Morgan fingerprint density at radius 1 is 1.29 bits per heavy atom. The molecule has 0 aliphatic heterocycles. The number of nitriles is 1. The molecule has 112 valence electrons. The van der Waals surface area contributed by atoms with Crippen LogP contribution in [0.5, 0.6) is 5.75 Å². The van der Waals surface area contributed by atoms with Gasteiger partial charge in [-0.05, 0) is 62.8 Å². The molecule has 2 fully saturated rings. The Bertz CT molecular complexity index is 521. The molecule has 3 nitrogen and oxygen atoms in total. The van der Waals surface area contributed by atoms with Gasteiger partial charge in [-0.15, -0.1) is 11.8 Å². The van der Waals surface area contributed by atoms with Crippen molar-refractivity contribution in [2.45, 2.75) is 60.3 Å². The SMILES string of the molecule is COc1ccc(SC2CCCC(C#N)(NC3CC3)C2)cc1. The van der Waals surface area contributed by atoms with Crippen LogP contribution in [0.2, 0.25) is 0 Å². The number of hydrogen-bond donors (Lipinski definition) is 1. The smallest absolute Gasteiger partial charge is 0.118 e. The minimum Gasteiger partial charge on any atom is -0.497 e. The molecular weight excluding hydrogens is 280 g/mol. The number of benzene rings is 1. The Balaban J connectivity index is 1.63. The highest BCUT2D eigenvalue weighted by Gasteiger charge is 2.40. The van der Waals surface area contributed by atoms with Crippen molar-refractivity contribution >= 4 is 11.8 Å². The van der Waals surface area contributed by atoms with Crippen LogP contribution in [0.25, 0.3) is 0 Å². The summed E-state index contributed by atoms with van der Waals surface area (Å²) in [6.45, 7) is 0. The highest BCUT2D eigenvalue weighted by molar-refractivity contribution is 8.00. The Labute approximate surface area is 131 Å². The van der Waals surface area contributed by atoms with Crippen molar-refractivity contribution in [2.24, 2.45) is 0 Å². The number of thioether (sulfide) groups is 1. The molecule has 3 rings (SSSR count). The lowest BCUT2D eigenvalue weighted by Crippen LogP contribution is -2.49. The molecule has 2 atom stereocenters. The fourth-order valence-corrected chi connectivity index (χ4v) is 4.39. The first-order chi connectivity index (χ1) is 10.2. The van der Waals surface area contributed by atoms with Crippen LogP contribution in [0.15, 0.2) is 29.2 Å². The maximum absolute atomic E-state index is 9.63. The van der Waals surface area contributed by atoms with Gasteiger partial charge in [0, 0.05) is 16.2 Å². The van der Waals surface area contributed by atoms with Crippen LogP contribution in [0.1, 0.15) is 38.5 Å². The van der Waals surface area contributed by atoms with Crippen LogP contribution in [0.3, 0.4) is 0 Å².